The Morgan fingerprint density at radius 2 is 1.95 bits per heavy atom. The summed E-state index contributed by atoms with van der Waals surface area (Å²) in [4.78, 5) is 12.5. The third kappa shape index (κ3) is 3.17. The number of halogens is 3. The van der Waals surface area contributed by atoms with E-state index < -0.39 is 11.7 Å². The van der Waals surface area contributed by atoms with Crippen LogP contribution in [0.3, 0.4) is 0 Å². The largest absolute Gasteiger partial charge is 0.416 e. The first kappa shape index (κ1) is 14.5. The summed E-state index contributed by atoms with van der Waals surface area (Å²) in [7, 11) is 1.46. The van der Waals surface area contributed by atoms with E-state index in [9.17, 15) is 13.2 Å². The third-order valence-electron chi connectivity index (χ3n) is 2.60. The molecule has 6 nitrogen and oxygen atoms in total. The minimum absolute atomic E-state index is 0.0154. The van der Waals surface area contributed by atoms with Gasteiger partial charge in [0.05, 0.1) is 5.56 Å². The molecule has 2 N–H and O–H groups in total. The fraction of sp³-hybridized carbons (Fsp3) is 0.167. The molecular weight excluding hydrogens is 285 g/mol. The first-order valence-electron chi connectivity index (χ1n) is 5.64. The van der Waals surface area contributed by atoms with Crippen molar-refractivity contribution in [1.82, 2.24) is 15.0 Å². The van der Waals surface area contributed by atoms with Gasteiger partial charge < -0.3 is 10.6 Å². The number of alkyl halides is 3. The predicted molar refractivity (Wildman–Crippen MR) is 68.5 cm³/mol. The van der Waals surface area contributed by atoms with Crippen LogP contribution in [0.4, 0.5) is 30.8 Å². The van der Waals surface area contributed by atoms with Gasteiger partial charge in [-0.1, -0.05) is 6.07 Å². The highest BCUT2D eigenvalue weighted by Crippen LogP contribution is 2.32. The Labute approximate surface area is 117 Å². The van der Waals surface area contributed by atoms with Crippen LogP contribution in [-0.2, 0) is 6.18 Å². The molecule has 1 aromatic heterocycles. The number of hydrogen-bond acceptors (Lipinski definition) is 6. The van der Waals surface area contributed by atoms with Gasteiger partial charge in [0.15, 0.2) is 0 Å². The van der Waals surface area contributed by atoms with Gasteiger partial charge in [0.1, 0.15) is 6.07 Å². The third-order valence-corrected chi connectivity index (χ3v) is 2.60. The Morgan fingerprint density at radius 1 is 1.24 bits per heavy atom. The molecule has 0 unspecified atom stereocenters. The van der Waals surface area contributed by atoms with E-state index in [-0.39, 0.29) is 23.4 Å². The summed E-state index contributed by atoms with van der Waals surface area (Å²) in [6.45, 7) is 0. The number of nitriles is 1. The van der Waals surface area contributed by atoms with E-state index >= 15 is 0 Å². The van der Waals surface area contributed by atoms with Crippen LogP contribution in [0.15, 0.2) is 24.3 Å². The zero-order valence-corrected chi connectivity index (χ0v) is 10.8. The van der Waals surface area contributed by atoms with E-state index in [1.807, 2.05) is 0 Å². The van der Waals surface area contributed by atoms with Gasteiger partial charge >= 0.3 is 6.18 Å². The molecule has 2 aromatic rings. The van der Waals surface area contributed by atoms with E-state index in [4.69, 9.17) is 11.0 Å². The van der Waals surface area contributed by atoms with Crippen LogP contribution >= 0.6 is 0 Å². The lowest BCUT2D eigenvalue weighted by atomic mass is 10.2. The molecule has 21 heavy (non-hydrogen) atoms. The fourth-order valence-corrected chi connectivity index (χ4v) is 1.59. The molecule has 0 aliphatic rings. The van der Waals surface area contributed by atoms with E-state index in [1.165, 1.54) is 24.1 Å². The number of hydrogen-bond donors (Lipinski definition) is 1. The van der Waals surface area contributed by atoms with Crippen molar-refractivity contribution in [3.05, 3.63) is 35.7 Å². The molecule has 0 bridgehead atoms. The Morgan fingerprint density at radius 3 is 2.57 bits per heavy atom. The highest BCUT2D eigenvalue weighted by molar-refractivity contribution is 5.58. The molecule has 0 saturated heterocycles. The highest BCUT2D eigenvalue weighted by Gasteiger charge is 2.30. The van der Waals surface area contributed by atoms with Crippen molar-refractivity contribution in [2.75, 3.05) is 17.7 Å². The first-order chi connectivity index (χ1) is 9.81. The predicted octanol–water partition coefficient (Wildman–Crippen LogP) is 2.11. The normalized spacial score (nSPS) is 11.0. The Bertz CT molecular complexity index is 707. The number of rotatable bonds is 2. The summed E-state index contributed by atoms with van der Waals surface area (Å²) < 4.78 is 38.1. The number of aromatic nitrogens is 3. The fourth-order valence-electron chi connectivity index (χ4n) is 1.59. The molecule has 0 aliphatic heterocycles. The molecule has 0 atom stereocenters. The zero-order chi connectivity index (χ0) is 15.6. The zero-order valence-electron chi connectivity index (χ0n) is 10.8. The first-order valence-corrected chi connectivity index (χ1v) is 5.64. The lowest BCUT2D eigenvalue weighted by molar-refractivity contribution is -0.137. The smallest absolute Gasteiger partial charge is 0.368 e. The van der Waals surface area contributed by atoms with Crippen LogP contribution in [0.5, 0.6) is 0 Å². The molecule has 0 aliphatic carbocycles. The average Bonchev–Trinajstić information content (AvgIpc) is 2.45. The molecule has 0 spiro atoms. The summed E-state index contributed by atoms with van der Waals surface area (Å²) in [6.07, 6.45) is -4.45. The van der Waals surface area contributed by atoms with Gasteiger partial charge in [-0.2, -0.15) is 33.4 Å². The second-order valence-corrected chi connectivity index (χ2v) is 4.04. The van der Waals surface area contributed by atoms with Gasteiger partial charge in [-0.15, -0.1) is 0 Å². The summed E-state index contributed by atoms with van der Waals surface area (Å²) >= 11 is 0. The van der Waals surface area contributed by atoms with Gasteiger partial charge in [-0.25, -0.2) is 0 Å². The topological polar surface area (TPSA) is 91.7 Å². The molecule has 9 heteroatoms. The highest BCUT2D eigenvalue weighted by atomic mass is 19.4. The quantitative estimate of drug-likeness (QED) is 0.912. The minimum Gasteiger partial charge on any atom is -0.368 e. The maximum absolute atomic E-state index is 12.7. The molecule has 108 valence electrons. The van der Waals surface area contributed by atoms with E-state index in [0.717, 1.165) is 12.1 Å². The lowest BCUT2D eigenvalue weighted by Crippen LogP contribution is -2.16. The molecule has 1 heterocycles. The van der Waals surface area contributed by atoms with Crippen molar-refractivity contribution in [1.29, 1.82) is 5.26 Å². The Balaban J connectivity index is 2.43. The molecule has 0 radical (unpaired) electrons. The Kier molecular flexibility index (Phi) is 3.62. The van der Waals surface area contributed by atoms with Gasteiger partial charge in [-0.3, -0.25) is 0 Å². The van der Waals surface area contributed by atoms with Crippen molar-refractivity contribution in [2.24, 2.45) is 0 Å². The second kappa shape index (κ2) is 5.24. The molecule has 2 rings (SSSR count). The number of anilines is 3. The summed E-state index contributed by atoms with van der Waals surface area (Å²) in [5.74, 6) is -0.412. The van der Waals surface area contributed by atoms with Crippen LogP contribution in [-0.4, -0.2) is 22.0 Å². The van der Waals surface area contributed by atoms with Crippen molar-refractivity contribution in [3.63, 3.8) is 0 Å². The van der Waals surface area contributed by atoms with E-state index in [0.29, 0.717) is 0 Å². The molecule has 1 aromatic carbocycles. The second-order valence-electron chi connectivity index (χ2n) is 4.04. The average molecular weight is 294 g/mol. The Hall–Kier alpha value is -2.89. The maximum atomic E-state index is 12.7. The molecule has 0 fully saturated rings. The molecular formula is C12H9F3N6. The summed E-state index contributed by atoms with van der Waals surface area (Å²) in [6, 6.07) is 6.34. The van der Waals surface area contributed by atoms with Crippen molar-refractivity contribution >= 4 is 17.6 Å². The molecule has 0 amide bonds. The maximum Gasteiger partial charge on any atom is 0.416 e. The van der Waals surface area contributed by atoms with Gasteiger partial charge in [0.2, 0.25) is 17.7 Å². The SMILES string of the molecule is CN(c1cccc(C(F)(F)F)c1)c1nc(N)nc(C#N)n1. The summed E-state index contributed by atoms with van der Waals surface area (Å²) in [5, 5.41) is 8.76. The summed E-state index contributed by atoms with van der Waals surface area (Å²) in [5.41, 5.74) is 4.84. The monoisotopic (exact) mass is 294 g/mol. The van der Waals surface area contributed by atoms with Crippen LogP contribution in [0, 0.1) is 11.3 Å². The van der Waals surface area contributed by atoms with Gasteiger partial charge in [0.25, 0.3) is 0 Å². The van der Waals surface area contributed by atoms with E-state index in [2.05, 4.69) is 15.0 Å². The minimum atomic E-state index is -4.45. The van der Waals surface area contributed by atoms with Crippen LogP contribution < -0.4 is 10.6 Å². The molecule has 0 saturated carbocycles. The number of nitrogens with zero attached hydrogens (tertiary/aromatic N) is 5. The lowest BCUT2D eigenvalue weighted by Gasteiger charge is -2.18. The van der Waals surface area contributed by atoms with E-state index in [1.54, 1.807) is 6.07 Å². The van der Waals surface area contributed by atoms with Gasteiger partial charge in [-0.05, 0) is 18.2 Å². The van der Waals surface area contributed by atoms with Crippen LogP contribution in [0.25, 0.3) is 0 Å². The number of nitrogen functional groups attached to an aromatic ring is 1. The van der Waals surface area contributed by atoms with Gasteiger partial charge in [0, 0.05) is 12.7 Å². The number of nitrogens with two attached hydrogens (primary N) is 1. The van der Waals surface area contributed by atoms with Crippen molar-refractivity contribution < 1.29 is 13.2 Å². The van der Waals surface area contributed by atoms with Crippen LogP contribution in [0.1, 0.15) is 11.4 Å². The number of benzene rings is 1. The van der Waals surface area contributed by atoms with Crippen molar-refractivity contribution in [2.45, 2.75) is 6.18 Å². The standard InChI is InChI=1S/C12H9F3N6/c1-21(11-19-9(6-16)18-10(17)20-11)8-4-2-3-7(5-8)12(13,14)15/h2-5H,1H3,(H2,17,18,19,20). The van der Waals surface area contributed by atoms with Crippen LogP contribution in [0.2, 0.25) is 0 Å². The van der Waals surface area contributed by atoms with Crippen molar-refractivity contribution in [3.8, 4) is 6.07 Å².